The van der Waals surface area contributed by atoms with E-state index >= 15 is 0 Å². The zero-order valence-electron chi connectivity index (χ0n) is 20.0. The molecule has 1 aliphatic rings. The van der Waals surface area contributed by atoms with Gasteiger partial charge in [0.1, 0.15) is 0 Å². The SMILES string of the molecule is CC(C)(C)O[Si]1([Si](C)(C)C)C(C(C)(C)C)=C(C(C)(C)C)C1[Si](C)(C)C. The lowest BCUT2D eigenvalue weighted by molar-refractivity contribution is 0.118. The summed E-state index contributed by atoms with van der Waals surface area (Å²) >= 11 is 0. The maximum atomic E-state index is 7.31. The van der Waals surface area contributed by atoms with Crippen molar-refractivity contribution in [2.75, 3.05) is 0 Å². The highest BCUT2D eigenvalue weighted by molar-refractivity contribution is 7.45. The molecule has 0 aromatic carbocycles. The molecule has 0 spiro atoms. The van der Waals surface area contributed by atoms with Gasteiger partial charge in [-0.05, 0) is 36.8 Å². The van der Waals surface area contributed by atoms with Crippen LogP contribution in [0.2, 0.25) is 44.4 Å². The van der Waals surface area contributed by atoms with E-state index in [-0.39, 0.29) is 16.4 Å². The van der Waals surface area contributed by atoms with E-state index in [9.17, 15) is 0 Å². The number of rotatable bonds is 3. The standard InChI is InChI=1S/C21H46OSi3/c1-19(2,3)16-17(20(4,5)6)25(24(13,14)15,22-21(7,8)9)18(16)23(10,11)12/h18H,1-15H3. The summed E-state index contributed by atoms with van der Waals surface area (Å²) in [6.07, 6.45) is 0. The second-order valence-electron chi connectivity index (χ2n) is 13.3. The van der Waals surface area contributed by atoms with Crippen molar-refractivity contribution >= 4 is 23.5 Å². The molecular weight excluding hydrogens is 352 g/mol. The Morgan fingerprint density at radius 2 is 1.12 bits per heavy atom. The van der Waals surface area contributed by atoms with E-state index in [0.29, 0.717) is 0 Å². The maximum Gasteiger partial charge on any atom is 0.211 e. The minimum Gasteiger partial charge on any atom is -0.410 e. The molecular formula is C21H46OSi3. The third-order valence-corrected chi connectivity index (χ3v) is 26.7. The van der Waals surface area contributed by atoms with Crippen molar-refractivity contribution in [3.8, 4) is 0 Å². The Labute approximate surface area is 162 Å². The van der Waals surface area contributed by atoms with Crippen LogP contribution in [0.3, 0.4) is 0 Å². The Balaban J connectivity index is 3.98. The smallest absolute Gasteiger partial charge is 0.211 e. The Morgan fingerprint density at radius 3 is 1.32 bits per heavy atom. The van der Waals surface area contributed by atoms with Crippen molar-refractivity contribution in [3.05, 3.63) is 10.8 Å². The van der Waals surface area contributed by atoms with E-state index in [4.69, 9.17) is 4.43 Å². The van der Waals surface area contributed by atoms with Crippen molar-refractivity contribution < 1.29 is 4.43 Å². The summed E-state index contributed by atoms with van der Waals surface area (Å²) in [6.45, 7) is 36.9. The Morgan fingerprint density at radius 1 is 0.720 bits per heavy atom. The predicted octanol–water partition coefficient (Wildman–Crippen LogP) is 7.35. The first kappa shape index (κ1) is 23.4. The molecule has 0 saturated heterocycles. The van der Waals surface area contributed by atoms with E-state index in [1.54, 1.807) is 10.8 Å². The zero-order valence-corrected chi connectivity index (χ0v) is 23.0. The fourth-order valence-electron chi connectivity index (χ4n) is 4.98. The van der Waals surface area contributed by atoms with E-state index in [1.165, 1.54) is 0 Å². The molecule has 148 valence electrons. The van der Waals surface area contributed by atoms with Gasteiger partial charge in [-0.15, -0.1) is 0 Å². The van der Waals surface area contributed by atoms with Crippen molar-refractivity contribution in [1.29, 1.82) is 0 Å². The molecule has 0 saturated carbocycles. The molecule has 0 aromatic rings. The van der Waals surface area contributed by atoms with Crippen LogP contribution in [0.15, 0.2) is 10.8 Å². The monoisotopic (exact) mass is 398 g/mol. The molecule has 4 heteroatoms. The Hall–Kier alpha value is 0.351. The molecule has 1 nitrogen and oxygen atoms in total. The highest BCUT2D eigenvalue weighted by Crippen LogP contribution is 2.65. The summed E-state index contributed by atoms with van der Waals surface area (Å²) in [5, 5.41) is 2.52. The number of allylic oxidation sites excluding steroid dienone is 2. The van der Waals surface area contributed by atoms with Gasteiger partial charge in [-0.25, -0.2) is 0 Å². The molecule has 0 radical (unpaired) electrons. The van der Waals surface area contributed by atoms with Crippen molar-refractivity contribution in [2.24, 2.45) is 10.8 Å². The summed E-state index contributed by atoms with van der Waals surface area (Å²) in [4.78, 5) is 0. The first-order valence-corrected chi connectivity index (χ1v) is 20.1. The van der Waals surface area contributed by atoms with Gasteiger partial charge in [0.15, 0.2) is 0 Å². The molecule has 0 aliphatic carbocycles. The van der Waals surface area contributed by atoms with Crippen LogP contribution < -0.4 is 0 Å². The van der Waals surface area contributed by atoms with Crippen LogP contribution in [0.1, 0.15) is 62.3 Å². The quantitative estimate of drug-likeness (QED) is 0.451. The summed E-state index contributed by atoms with van der Waals surface area (Å²) in [5.74, 6) is 0. The third-order valence-electron chi connectivity index (χ3n) is 5.34. The summed E-state index contributed by atoms with van der Waals surface area (Å²) in [6, 6.07) is 0. The van der Waals surface area contributed by atoms with E-state index in [1.807, 2.05) is 0 Å². The van der Waals surface area contributed by atoms with Crippen LogP contribution in [-0.4, -0.2) is 29.1 Å². The van der Waals surface area contributed by atoms with Gasteiger partial charge in [-0.3, -0.25) is 0 Å². The van der Waals surface area contributed by atoms with Gasteiger partial charge in [0, 0.05) is 5.60 Å². The van der Waals surface area contributed by atoms with Gasteiger partial charge in [0.25, 0.3) is 0 Å². The molecule has 2 unspecified atom stereocenters. The molecule has 1 rings (SSSR count). The Kier molecular flexibility index (Phi) is 5.78. The van der Waals surface area contributed by atoms with Gasteiger partial charge in [-0.1, -0.05) is 91.6 Å². The molecule has 25 heavy (non-hydrogen) atoms. The van der Waals surface area contributed by atoms with Crippen LogP contribution >= 0.6 is 0 Å². The minimum atomic E-state index is -2.00. The highest BCUT2D eigenvalue weighted by Gasteiger charge is 2.71. The second kappa shape index (κ2) is 6.18. The van der Waals surface area contributed by atoms with Crippen LogP contribution in [0.4, 0.5) is 0 Å². The highest BCUT2D eigenvalue weighted by atomic mass is 29.3. The lowest BCUT2D eigenvalue weighted by Crippen LogP contribution is -2.77. The fourth-order valence-corrected chi connectivity index (χ4v) is 34.7. The largest absolute Gasteiger partial charge is 0.410 e. The first-order valence-electron chi connectivity index (χ1n) is 10.0. The maximum absolute atomic E-state index is 7.31. The Bertz CT molecular complexity index is 542. The van der Waals surface area contributed by atoms with Gasteiger partial charge < -0.3 is 4.43 Å². The first-order chi connectivity index (χ1) is 10.6. The second-order valence-corrected chi connectivity index (χ2v) is 33.2. The van der Waals surface area contributed by atoms with Gasteiger partial charge >= 0.3 is 0 Å². The molecule has 0 bridgehead atoms. The summed E-state index contributed by atoms with van der Waals surface area (Å²) in [5.41, 5.74) is 2.16. The van der Waals surface area contributed by atoms with Crippen molar-refractivity contribution in [1.82, 2.24) is 0 Å². The van der Waals surface area contributed by atoms with E-state index in [0.717, 1.165) is 5.16 Å². The summed E-state index contributed by atoms with van der Waals surface area (Å²) < 4.78 is 7.31. The number of hydrogen-bond donors (Lipinski definition) is 0. The van der Waals surface area contributed by atoms with Crippen LogP contribution in [-0.2, 0) is 4.43 Å². The van der Waals surface area contributed by atoms with Crippen LogP contribution in [0.25, 0.3) is 0 Å². The molecule has 1 aliphatic heterocycles. The predicted molar refractivity (Wildman–Crippen MR) is 123 cm³/mol. The average Bonchev–Trinajstić information content (AvgIpc) is 2.13. The van der Waals surface area contributed by atoms with Crippen LogP contribution in [0, 0.1) is 10.8 Å². The topological polar surface area (TPSA) is 9.23 Å². The van der Waals surface area contributed by atoms with Gasteiger partial charge in [-0.2, -0.15) is 0 Å². The normalized spacial score (nSPS) is 26.8. The zero-order chi connectivity index (χ0) is 20.4. The fraction of sp³-hybridized carbons (Fsp3) is 0.905. The minimum absolute atomic E-state index is 0.0652. The van der Waals surface area contributed by atoms with Crippen LogP contribution in [0.5, 0.6) is 0 Å². The van der Waals surface area contributed by atoms with Gasteiger partial charge in [0.2, 0.25) is 7.83 Å². The van der Waals surface area contributed by atoms with E-state index < -0.39 is 23.5 Å². The molecule has 0 amide bonds. The van der Waals surface area contributed by atoms with Crippen molar-refractivity contribution in [3.63, 3.8) is 0 Å². The molecule has 2 atom stereocenters. The number of hydrogen-bond acceptors (Lipinski definition) is 1. The van der Waals surface area contributed by atoms with E-state index in [2.05, 4.69) is 102 Å². The summed E-state index contributed by atoms with van der Waals surface area (Å²) in [7, 11) is -4.91. The molecule has 1 heterocycles. The third kappa shape index (κ3) is 4.27. The lowest BCUT2D eigenvalue weighted by Gasteiger charge is -2.66. The molecule has 0 N–H and O–H groups in total. The van der Waals surface area contributed by atoms with Crippen molar-refractivity contribution in [2.45, 2.75) is 112 Å². The van der Waals surface area contributed by atoms with Gasteiger partial charge in [0.05, 0.1) is 15.7 Å². The molecule has 0 aromatic heterocycles. The average molecular weight is 399 g/mol. The molecule has 0 fully saturated rings. The lowest BCUT2D eigenvalue weighted by atomic mass is 9.80.